The molecule has 0 aromatic heterocycles. The second kappa shape index (κ2) is 9.44. The minimum absolute atomic E-state index is 0. The van der Waals surface area contributed by atoms with E-state index in [-0.39, 0.29) is 24.0 Å². The van der Waals surface area contributed by atoms with Gasteiger partial charge in [0.25, 0.3) is 0 Å². The smallest absolute Gasteiger partial charge is 0.00786 e. The molecule has 0 aromatic carbocycles. The lowest BCUT2D eigenvalue weighted by molar-refractivity contribution is 0.423. The Balaban J connectivity index is 0. The van der Waals surface area contributed by atoms with Crippen LogP contribution < -0.4 is 0 Å². The Morgan fingerprint density at radius 2 is 1.53 bits per heavy atom. The molecular formula is C14H27I. The molecule has 0 unspecified atom stereocenters. The van der Waals surface area contributed by atoms with Crippen molar-refractivity contribution in [3.05, 3.63) is 23.8 Å². The van der Waals surface area contributed by atoms with Gasteiger partial charge in [0.1, 0.15) is 0 Å². The summed E-state index contributed by atoms with van der Waals surface area (Å²) in [5.41, 5.74) is 2.02. The predicted molar refractivity (Wildman–Crippen MR) is 81.9 cm³/mol. The van der Waals surface area contributed by atoms with E-state index in [1.165, 1.54) is 31.3 Å². The van der Waals surface area contributed by atoms with Crippen molar-refractivity contribution < 1.29 is 0 Å². The van der Waals surface area contributed by atoms with Crippen LogP contribution in [0.25, 0.3) is 0 Å². The van der Waals surface area contributed by atoms with Crippen LogP contribution in [0.1, 0.15) is 60.3 Å². The van der Waals surface area contributed by atoms with Gasteiger partial charge in [-0.05, 0) is 37.7 Å². The lowest BCUT2D eigenvalue weighted by Gasteiger charge is -2.25. The maximum atomic E-state index is 2.40. The van der Waals surface area contributed by atoms with Gasteiger partial charge in [-0.15, -0.1) is 24.0 Å². The lowest BCUT2D eigenvalue weighted by atomic mass is 9.80. The maximum Gasteiger partial charge on any atom is -0.00786 e. The summed E-state index contributed by atoms with van der Waals surface area (Å²) in [6.07, 6.45) is 12.3. The van der Waals surface area contributed by atoms with Crippen molar-refractivity contribution in [3.63, 3.8) is 0 Å². The number of allylic oxidation sites excluding steroid dienone is 4. The molecule has 0 atom stereocenters. The van der Waals surface area contributed by atoms with E-state index in [2.05, 4.69) is 39.0 Å². The molecule has 0 aliphatic heterocycles. The highest BCUT2D eigenvalue weighted by molar-refractivity contribution is 14.0. The van der Waals surface area contributed by atoms with Gasteiger partial charge >= 0.3 is 0 Å². The molecule has 0 aromatic rings. The molecule has 90 valence electrons. The second-order valence-electron chi connectivity index (χ2n) is 4.01. The maximum absolute atomic E-state index is 2.40. The monoisotopic (exact) mass is 322 g/mol. The first-order valence-corrected chi connectivity index (χ1v) is 6.02. The summed E-state index contributed by atoms with van der Waals surface area (Å²) in [7, 11) is 0. The van der Waals surface area contributed by atoms with E-state index in [1.807, 2.05) is 13.8 Å². The van der Waals surface area contributed by atoms with E-state index >= 15 is 0 Å². The topological polar surface area (TPSA) is 0 Å². The molecular weight excluding hydrogens is 295 g/mol. The molecule has 0 bridgehead atoms. The van der Waals surface area contributed by atoms with Crippen molar-refractivity contribution in [1.82, 2.24) is 0 Å². The molecule has 1 rings (SSSR count). The minimum Gasteiger partial charge on any atom is -0.107 e. The summed E-state index contributed by atoms with van der Waals surface area (Å²) in [5.74, 6) is 0. The van der Waals surface area contributed by atoms with E-state index < -0.39 is 0 Å². The van der Waals surface area contributed by atoms with Gasteiger partial charge in [-0.2, -0.15) is 0 Å². The summed E-state index contributed by atoms with van der Waals surface area (Å²) < 4.78 is 0. The third-order valence-electron chi connectivity index (χ3n) is 3.06. The zero-order valence-electron chi connectivity index (χ0n) is 11.0. The van der Waals surface area contributed by atoms with E-state index in [0.717, 1.165) is 0 Å². The van der Waals surface area contributed by atoms with Gasteiger partial charge in [0, 0.05) is 0 Å². The van der Waals surface area contributed by atoms with Gasteiger partial charge in [-0.1, -0.05) is 51.8 Å². The normalized spacial score (nSPS) is 19.4. The van der Waals surface area contributed by atoms with Crippen molar-refractivity contribution in [1.29, 1.82) is 0 Å². The van der Waals surface area contributed by atoms with Crippen LogP contribution >= 0.6 is 24.0 Å². The fourth-order valence-electron chi connectivity index (χ4n) is 2.27. The molecule has 1 fully saturated rings. The molecule has 0 amide bonds. The second-order valence-corrected chi connectivity index (χ2v) is 4.01. The van der Waals surface area contributed by atoms with Crippen LogP contribution in [0, 0.1) is 5.41 Å². The van der Waals surface area contributed by atoms with Gasteiger partial charge in [-0.25, -0.2) is 0 Å². The van der Waals surface area contributed by atoms with Crippen LogP contribution in [0.15, 0.2) is 23.8 Å². The van der Waals surface area contributed by atoms with Crippen molar-refractivity contribution in [2.45, 2.75) is 60.3 Å². The Morgan fingerprint density at radius 3 is 1.87 bits per heavy atom. The molecule has 1 heteroatoms. The highest BCUT2D eigenvalue weighted by atomic mass is 127. The van der Waals surface area contributed by atoms with E-state index in [1.54, 1.807) is 0 Å². The van der Waals surface area contributed by atoms with Crippen molar-refractivity contribution in [2.75, 3.05) is 0 Å². The molecule has 15 heavy (non-hydrogen) atoms. The van der Waals surface area contributed by atoms with Crippen LogP contribution in [0.4, 0.5) is 0 Å². The van der Waals surface area contributed by atoms with Crippen molar-refractivity contribution in [3.8, 4) is 0 Å². The summed E-state index contributed by atoms with van der Waals surface area (Å²) >= 11 is 0. The molecule has 0 spiro atoms. The zero-order valence-corrected chi connectivity index (χ0v) is 13.3. The highest BCUT2D eigenvalue weighted by Gasteiger charge is 2.30. The van der Waals surface area contributed by atoms with Gasteiger partial charge in [0.15, 0.2) is 0 Å². The van der Waals surface area contributed by atoms with E-state index in [4.69, 9.17) is 0 Å². The molecule has 1 aliphatic rings. The van der Waals surface area contributed by atoms with Gasteiger partial charge < -0.3 is 0 Å². The van der Waals surface area contributed by atoms with Crippen LogP contribution in [-0.4, -0.2) is 0 Å². The van der Waals surface area contributed by atoms with Crippen LogP contribution in [0.3, 0.4) is 0 Å². The lowest BCUT2D eigenvalue weighted by Crippen LogP contribution is -2.12. The van der Waals surface area contributed by atoms with Gasteiger partial charge in [-0.3, -0.25) is 0 Å². The predicted octanol–water partition coefficient (Wildman–Crippen LogP) is 5.73. The van der Waals surface area contributed by atoms with Crippen LogP contribution in [-0.2, 0) is 0 Å². The first kappa shape index (κ1) is 17.6. The molecule has 0 radical (unpaired) electrons. The minimum atomic E-state index is 0. The van der Waals surface area contributed by atoms with Gasteiger partial charge in [0.2, 0.25) is 0 Å². The summed E-state index contributed by atoms with van der Waals surface area (Å²) in [5, 5.41) is 0. The van der Waals surface area contributed by atoms with Crippen LogP contribution in [0.2, 0.25) is 0 Å². The zero-order chi connectivity index (χ0) is 11.0. The summed E-state index contributed by atoms with van der Waals surface area (Å²) in [4.78, 5) is 0. The first-order valence-electron chi connectivity index (χ1n) is 6.02. The quantitative estimate of drug-likeness (QED) is 0.450. The third kappa shape index (κ3) is 5.19. The van der Waals surface area contributed by atoms with Gasteiger partial charge in [0.05, 0.1) is 0 Å². The van der Waals surface area contributed by atoms with Crippen LogP contribution in [0.5, 0.6) is 0 Å². The fourth-order valence-corrected chi connectivity index (χ4v) is 2.27. The highest BCUT2D eigenvalue weighted by Crippen LogP contribution is 2.44. The third-order valence-corrected chi connectivity index (χ3v) is 3.06. The number of hydrogen-bond acceptors (Lipinski definition) is 0. The fraction of sp³-hybridized carbons (Fsp3) is 0.714. The largest absolute Gasteiger partial charge is 0.107 e. The van der Waals surface area contributed by atoms with Crippen molar-refractivity contribution in [2.24, 2.45) is 5.41 Å². The molecule has 0 heterocycles. The Hall–Kier alpha value is 0.210. The molecule has 1 saturated carbocycles. The summed E-state index contributed by atoms with van der Waals surface area (Å²) in [6, 6.07) is 0. The Labute approximate surface area is 113 Å². The average molecular weight is 322 g/mol. The number of hydrogen-bond donors (Lipinski definition) is 0. The SMILES string of the molecule is C/C=C\C(=C/C)C1(C)CCCC1.CC.I. The molecule has 0 saturated heterocycles. The molecule has 1 aliphatic carbocycles. The summed E-state index contributed by atoms with van der Waals surface area (Å²) in [6.45, 7) is 10.6. The molecule has 0 nitrogen and oxygen atoms in total. The first-order chi connectivity index (χ1) is 6.73. The standard InChI is InChI=1S/C12H20.C2H6.HI/c1-4-8-11(5-2)12(3)9-6-7-10-12;1-2;/h4-5,8H,6-7,9-10H2,1-3H3;1-2H3;1H/b8-4-,11-5+;;. The average Bonchev–Trinajstić information content (AvgIpc) is 2.65. The van der Waals surface area contributed by atoms with E-state index in [9.17, 15) is 0 Å². The number of rotatable bonds is 2. The van der Waals surface area contributed by atoms with Crippen molar-refractivity contribution >= 4 is 24.0 Å². The Kier molecular flexibility index (Phi) is 11.1. The van der Waals surface area contributed by atoms with E-state index in [0.29, 0.717) is 5.41 Å². The molecule has 0 N–H and O–H groups in total. The Bertz CT molecular complexity index is 195. The Morgan fingerprint density at radius 1 is 1.07 bits per heavy atom. The number of halogens is 1.